The fourth-order valence-corrected chi connectivity index (χ4v) is 4.60. The summed E-state index contributed by atoms with van der Waals surface area (Å²) < 4.78 is 98.0. The molecule has 0 aliphatic heterocycles. The SMILES string of the molecule is CC(F)(F)c1sc(C(=O)N[C@H](/C=C/S(C)(=O)=O)C2CC2)c(Oc2ccccc2)c1C(F)(F)F. The average Bonchev–Trinajstić information content (AvgIpc) is 3.43. The van der Waals surface area contributed by atoms with E-state index in [9.17, 15) is 35.2 Å². The molecule has 0 unspecified atom stereocenters. The molecule has 12 heteroatoms. The van der Waals surface area contributed by atoms with Gasteiger partial charge in [-0.3, -0.25) is 4.79 Å². The van der Waals surface area contributed by atoms with Crippen LogP contribution >= 0.6 is 11.3 Å². The molecule has 5 nitrogen and oxygen atoms in total. The van der Waals surface area contributed by atoms with E-state index in [0.717, 1.165) is 11.7 Å². The number of rotatable bonds is 8. The highest BCUT2D eigenvalue weighted by Gasteiger charge is 2.48. The van der Waals surface area contributed by atoms with Crippen LogP contribution in [0.15, 0.2) is 41.8 Å². The maximum absolute atomic E-state index is 14.1. The first kappa shape index (κ1) is 25.2. The molecule has 1 aromatic carbocycles. The molecular weight excluding hydrogens is 489 g/mol. The van der Waals surface area contributed by atoms with Crippen LogP contribution < -0.4 is 10.1 Å². The van der Waals surface area contributed by atoms with Crippen LogP contribution in [0.5, 0.6) is 11.5 Å². The molecule has 1 heterocycles. The van der Waals surface area contributed by atoms with Crippen molar-refractivity contribution in [3.63, 3.8) is 0 Å². The molecular formula is C21H20F5NO4S2. The third-order valence-electron chi connectivity index (χ3n) is 4.68. The van der Waals surface area contributed by atoms with Crippen molar-refractivity contribution in [3.05, 3.63) is 57.1 Å². The van der Waals surface area contributed by atoms with Crippen LogP contribution in [0, 0.1) is 5.92 Å². The van der Waals surface area contributed by atoms with Gasteiger partial charge in [-0.2, -0.15) is 13.2 Å². The largest absolute Gasteiger partial charge is 0.455 e. The molecule has 0 radical (unpaired) electrons. The number of alkyl halides is 5. The molecule has 1 atom stereocenters. The average molecular weight is 510 g/mol. The van der Waals surface area contributed by atoms with E-state index < -0.39 is 55.0 Å². The minimum absolute atomic E-state index is 0.00435. The van der Waals surface area contributed by atoms with Crippen molar-refractivity contribution >= 4 is 27.1 Å². The summed E-state index contributed by atoms with van der Waals surface area (Å²) in [6.07, 6.45) is -1.70. The molecule has 1 amide bonds. The highest BCUT2D eigenvalue weighted by Crippen LogP contribution is 2.51. The van der Waals surface area contributed by atoms with Gasteiger partial charge in [0.2, 0.25) is 0 Å². The van der Waals surface area contributed by atoms with Gasteiger partial charge in [-0.25, -0.2) is 17.2 Å². The fourth-order valence-electron chi connectivity index (χ4n) is 3.06. The molecule has 2 aromatic rings. The van der Waals surface area contributed by atoms with E-state index in [4.69, 9.17) is 4.74 Å². The summed E-state index contributed by atoms with van der Waals surface area (Å²) >= 11 is -0.00435. The van der Waals surface area contributed by atoms with E-state index in [1.54, 1.807) is 6.07 Å². The normalized spacial score (nSPS) is 16.1. The first-order chi connectivity index (χ1) is 15.2. The number of hydrogen-bond donors (Lipinski definition) is 1. The van der Waals surface area contributed by atoms with Crippen molar-refractivity contribution in [1.82, 2.24) is 5.32 Å². The zero-order valence-corrected chi connectivity index (χ0v) is 19.1. The molecule has 0 bridgehead atoms. The van der Waals surface area contributed by atoms with Crippen LogP contribution in [0.2, 0.25) is 0 Å². The second kappa shape index (κ2) is 9.05. The number of sulfone groups is 1. The monoisotopic (exact) mass is 509 g/mol. The van der Waals surface area contributed by atoms with Crippen molar-refractivity contribution in [1.29, 1.82) is 0 Å². The molecule has 1 N–H and O–H groups in total. The van der Waals surface area contributed by atoms with Crippen molar-refractivity contribution in [2.24, 2.45) is 5.92 Å². The van der Waals surface area contributed by atoms with E-state index in [1.165, 1.54) is 30.3 Å². The Morgan fingerprint density at radius 3 is 2.27 bits per heavy atom. The van der Waals surface area contributed by atoms with Gasteiger partial charge in [0.25, 0.3) is 11.8 Å². The van der Waals surface area contributed by atoms with Gasteiger partial charge in [0.1, 0.15) is 16.2 Å². The minimum atomic E-state index is -5.22. The summed E-state index contributed by atoms with van der Waals surface area (Å²) in [4.78, 5) is 10.9. The van der Waals surface area contributed by atoms with E-state index >= 15 is 0 Å². The van der Waals surface area contributed by atoms with Gasteiger partial charge in [0, 0.05) is 18.6 Å². The Morgan fingerprint density at radius 2 is 1.79 bits per heavy atom. The molecule has 180 valence electrons. The summed E-state index contributed by atoms with van der Waals surface area (Å²) in [5, 5.41) is 3.35. The molecule has 0 spiro atoms. The maximum atomic E-state index is 14.1. The number of ether oxygens (including phenoxy) is 1. The van der Waals surface area contributed by atoms with Crippen molar-refractivity contribution in [2.75, 3.05) is 6.26 Å². The van der Waals surface area contributed by atoms with Crippen LogP contribution in [0.4, 0.5) is 22.0 Å². The number of hydrogen-bond acceptors (Lipinski definition) is 5. The zero-order valence-electron chi connectivity index (χ0n) is 17.4. The molecule has 0 saturated heterocycles. The highest BCUT2D eigenvalue weighted by molar-refractivity contribution is 7.93. The predicted octanol–water partition coefficient (Wildman–Crippen LogP) is 5.74. The van der Waals surface area contributed by atoms with Gasteiger partial charge < -0.3 is 10.1 Å². The number of halogens is 5. The number of para-hydroxylation sites is 1. The quantitative estimate of drug-likeness (QED) is 0.461. The summed E-state index contributed by atoms with van der Waals surface area (Å²) in [7, 11) is -3.52. The molecule has 1 fully saturated rings. The van der Waals surface area contributed by atoms with Gasteiger partial charge in [-0.1, -0.05) is 24.3 Å². The topological polar surface area (TPSA) is 72.5 Å². The number of carbonyl (C=O) groups excluding carboxylic acids is 1. The molecule has 1 aliphatic rings. The minimum Gasteiger partial charge on any atom is -0.455 e. The Hall–Kier alpha value is -2.47. The Kier molecular flexibility index (Phi) is 6.90. The molecule has 1 aliphatic carbocycles. The lowest BCUT2D eigenvalue weighted by molar-refractivity contribution is -0.141. The summed E-state index contributed by atoms with van der Waals surface area (Å²) in [5.74, 6) is -6.16. The van der Waals surface area contributed by atoms with Crippen LogP contribution in [-0.4, -0.2) is 26.6 Å². The van der Waals surface area contributed by atoms with Crippen LogP contribution in [0.1, 0.15) is 39.9 Å². The first-order valence-corrected chi connectivity index (χ1v) is 12.5. The van der Waals surface area contributed by atoms with Crippen LogP contribution in [0.25, 0.3) is 0 Å². The van der Waals surface area contributed by atoms with Gasteiger partial charge in [-0.05, 0) is 30.9 Å². The molecule has 3 rings (SSSR count). The van der Waals surface area contributed by atoms with E-state index in [-0.39, 0.29) is 23.0 Å². The van der Waals surface area contributed by atoms with Gasteiger partial charge in [0.05, 0.1) is 10.9 Å². The predicted molar refractivity (Wildman–Crippen MR) is 113 cm³/mol. The van der Waals surface area contributed by atoms with Crippen molar-refractivity contribution in [3.8, 4) is 11.5 Å². The van der Waals surface area contributed by atoms with Crippen molar-refractivity contribution < 1.29 is 39.9 Å². The third kappa shape index (κ3) is 6.53. The second-order valence-electron chi connectivity index (χ2n) is 7.76. The molecule has 33 heavy (non-hydrogen) atoms. The van der Waals surface area contributed by atoms with E-state index in [0.29, 0.717) is 19.8 Å². The Morgan fingerprint density at radius 1 is 1.18 bits per heavy atom. The maximum Gasteiger partial charge on any atom is 0.421 e. The zero-order chi connectivity index (χ0) is 24.6. The number of thiophene rings is 1. The number of nitrogens with one attached hydrogen (secondary N) is 1. The van der Waals surface area contributed by atoms with Crippen LogP contribution in [0.3, 0.4) is 0 Å². The van der Waals surface area contributed by atoms with Gasteiger partial charge >= 0.3 is 6.18 Å². The van der Waals surface area contributed by atoms with Gasteiger partial charge in [0.15, 0.2) is 15.6 Å². The number of benzene rings is 1. The summed E-state index contributed by atoms with van der Waals surface area (Å²) in [5.41, 5.74) is -1.72. The molecule has 1 saturated carbocycles. The second-order valence-corrected chi connectivity index (χ2v) is 10.7. The van der Waals surface area contributed by atoms with Crippen molar-refractivity contribution in [2.45, 2.75) is 37.9 Å². The lowest BCUT2D eigenvalue weighted by Crippen LogP contribution is -2.35. The fraction of sp³-hybridized carbons (Fsp3) is 0.381. The molecule has 1 aromatic heterocycles. The summed E-state index contributed by atoms with van der Waals surface area (Å²) in [6.45, 7) is 0.309. The van der Waals surface area contributed by atoms with E-state index in [2.05, 4.69) is 5.32 Å². The lowest BCUT2D eigenvalue weighted by Gasteiger charge is -2.16. The highest BCUT2D eigenvalue weighted by atomic mass is 32.2. The first-order valence-electron chi connectivity index (χ1n) is 9.71. The standard InChI is InChI=1S/C21H20F5NO4S2/c1-20(22,23)18-15(21(24,25)26)16(31-13-6-4-3-5-7-13)17(32-18)19(28)27-14(12-8-9-12)10-11-33(2,29)30/h3-7,10-12,14H,8-9H2,1-2H3,(H,27,28)/b11-10+/t14-/m1/s1. The third-order valence-corrected chi connectivity index (χ3v) is 6.67. The van der Waals surface area contributed by atoms with E-state index in [1.807, 2.05) is 0 Å². The Labute approximate surface area is 191 Å². The lowest BCUT2D eigenvalue weighted by atomic mass is 10.1. The number of amides is 1. The van der Waals surface area contributed by atoms with Crippen LogP contribution in [-0.2, 0) is 21.9 Å². The number of carbonyl (C=O) groups is 1. The van der Waals surface area contributed by atoms with Gasteiger partial charge in [-0.15, -0.1) is 11.3 Å². The smallest absolute Gasteiger partial charge is 0.421 e. The Balaban J connectivity index is 2.08. The summed E-state index contributed by atoms with van der Waals surface area (Å²) in [6, 6.07) is 6.39. The Bertz CT molecular complexity index is 1150.